The molecule has 1 N–H and O–H groups in total. The number of esters is 1. The number of aromatic nitrogens is 2. The number of nitrogens with zero attached hydrogens (tertiary/aromatic N) is 3. The number of nitriles is 1. The van der Waals surface area contributed by atoms with Gasteiger partial charge in [-0.15, -0.1) is 0 Å². The molecular formula is C23H18N4O4. The van der Waals surface area contributed by atoms with Gasteiger partial charge < -0.3 is 10.1 Å². The molecule has 0 aliphatic heterocycles. The Morgan fingerprint density at radius 1 is 1.16 bits per heavy atom. The van der Waals surface area contributed by atoms with Crippen molar-refractivity contribution in [1.82, 2.24) is 15.1 Å². The third-order valence-corrected chi connectivity index (χ3v) is 5.15. The molecule has 1 amide bonds. The Morgan fingerprint density at radius 3 is 2.58 bits per heavy atom. The highest BCUT2D eigenvalue weighted by atomic mass is 16.5. The molecule has 0 fully saturated rings. The number of benzene rings is 2. The van der Waals surface area contributed by atoms with Crippen molar-refractivity contribution in [1.29, 1.82) is 5.26 Å². The normalized spacial score (nSPS) is 12.3. The number of hydrogen-bond donors (Lipinski definition) is 1. The summed E-state index contributed by atoms with van der Waals surface area (Å²) in [6.45, 7) is -0.428. The first kappa shape index (κ1) is 20.0. The number of methoxy groups -OCH3 is 1. The zero-order valence-corrected chi connectivity index (χ0v) is 16.7. The van der Waals surface area contributed by atoms with Crippen LogP contribution in [0.1, 0.15) is 21.6 Å². The highest BCUT2D eigenvalue weighted by Crippen LogP contribution is 2.40. The number of carbonyl (C=O) groups is 3. The summed E-state index contributed by atoms with van der Waals surface area (Å²) in [6, 6.07) is 18.9. The SMILES string of the molecule is COC(=O)CNC(=O)C(C#N)C(=O)c1nn(-c2ccccc2)c2c1Cc1ccccc1-2. The van der Waals surface area contributed by atoms with E-state index in [9.17, 15) is 19.6 Å². The van der Waals surface area contributed by atoms with Gasteiger partial charge in [0.25, 0.3) is 0 Å². The van der Waals surface area contributed by atoms with E-state index in [-0.39, 0.29) is 5.69 Å². The average Bonchev–Trinajstić information content (AvgIpc) is 3.36. The van der Waals surface area contributed by atoms with Gasteiger partial charge in [0.05, 0.1) is 24.6 Å². The maximum absolute atomic E-state index is 13.2. The average molecular weight is 414 g/mol. The van der Waals surface area contributed by atoms with Gasteiger partial charge in [0.15, 0.2) is 5.92 Å². The number of ether oxygens (including phenoxy) is 1. The minimum Gasteiger partial charge on any atom is -0.468 e. The van der Waals surface area contributed by atoms with Crippen LogP contribution in [0.3, 0.4) is 0 Å². The Balaban J connectivity index is 1.75. The molecule has 1 aliphatic carbocycles. The van der Waals surface area contributed by atoms with Crippen LogP contribution in [-0.4, -0.2) is 41.1 Å². The lowest BCUT2D eigenvalue weighted by Crippen LogP contribution is -2.38. The smallest absolute Gasteiger partial charge is 0.325 e. The van der Waals surface area contributed by atoms with E-state index in [0.717, 1.165) is 22.5 Å². The summed E-state index contributed by atoms with van der Waals surface area (Å²) in [6.07, 6.45) is 0.474. The van der Waals surface area contributed by atoms with Crippen LogP contribution >= 0.6 is 0 Å². The summed E-state index contributed by atoms with van der Waals surface area (Å²) >= 11 is 0. The first-order chi connectivity index (χ1) is 15.0. The number of nitrogens with one attached hydrogen (secondary N) is 1. The largest absolute Gasteiger partial charge is 0.468 e. The molecule has 0 saturated carbocycles. The van der Waals surface area contributed by atoms with Crippen LogP contribution in [0.4, 0.5) is 0 Å². The molecule has 0 saturated heterocycles. The minimum absolute atomic E-state index is 0.0785. The first-order valence-corrected chi connectivity index (χ1v) is 9.59. The van der Waals surface area contributed by atoms with Crippen molar-refractivity contribution in [3.63, 3.8) is 0 Å². The third-order valence-electron chi connectivity index (χ3n) is 5.15. The van der Waals surface area contributed by atoms with E-state index in [0.29, 0.717) is 12.0 Å². The molecule has 0 bridgehead atoms. The number of ketones is 1. The molecule has 4 rings (SSSR count). The molecule has 1 atom stereocenters. The van der Waals surface area contributed by atoms with Crippen molar-refractivity contribution in [2.75, 3.05) is 13.7 Å². The summed E-state index contributed by atoms with van der Waals surface area (Å²) in [5, 5.41) is 16.3. The summed E-state index contributed by atoms with van der Waals surface area (Å²) in [5.41, 5.74) is 4.29. The quantitative estimate of drug-likeness (QED) is 0.293. The molecule has 31 heavy (non-hydrogen) atoms. The number of amides is 1. The zero-order valence-electron chi connectivity index (χ0n) is 16.7. The van der Waals surface area contributed by atoms with Crippen LogP contribution in [0.25, 0.3) is 16.9 Å². The van der Waals surface area contributed by atoms with Crippen molar-refractivity contribution in [3.8, 4) is 23.0 Å². The first-order valence-electron chi connectivity index (χ1n) is 9.59. The molecule has 2 aromatic carbocycles. The van der Waals surface area contributed by atoms with Gasteiger partial charge in [-0.05, 0) is 17.7 Å². The maximum atomic E-state index is 13.2. The lowest BCUT2D eigenvalue weighted by atomic mass is 9.98. The van der Waals surface area contributed by atoms with E-state index >= 15 is 0 Å². The van der Waals surface area contributed by atoms with Crippen molar-refractivity contribution < 1.29 is 19.1 Å². The Hall–Kier alpha value is -4.25. The third kappa shape index (κ3) is 3.57. The summed E-state index contributed by atoms with van der Waals surface area (Å²) in [7, 11) is 1.18. The highest BCUT2D eigenvalue weighted by Gasteiger charge is 2.36. The fourth-order valence-corrected chi connectivity index (χ4v) is 3.65. The van der Waals surface area contributed by atoms with E-state index in [2.05, 4.69) is 15.2 Å². The van der Waals surface area contributed by atoms with E-state index in [1.807, 2.05) is 54.6 Å². The Labute approximate surface area is 178 Å². The lowest BCUT2D eigenvalue weighted by Gasteiger charge is -2.09. The predicted octanol–water partition coefficient (Wildman–Crippen LogP) is 2.06. The monoisotopic (exact) mass is 414 g/mol. The second-order valence-electron chi connectivity index (χ2n) is 6.98. The van der Waals surface area contributed by atoms with Crippen LogP contribution in [0.2, 0.25) is 0 Å². The number of para-hydroxylation sites is 1. The highest BCUT2D eigenvalue weighted by molar-refractivity contribution is 6.13. The molecule has 1 aliphatic rings. The van der Waals surface area contributed by atoms with Crippen LogP contribution in [-0.2, 0) is 20.7 Å². The van der Waals surface area contributed by atoms with E-state index in [4.69, 9.17) is 0 Å². The van der Waals surface area contributed by atoms with Crippen molar-refractivity contribution in [2.45, 2.75) is 6.42 Å². The van der Waals surface area contributed by atoms with Crippen molar-refractivity contribution in [2.24, 2.45) is 5.92 Å². The molecule has 0 radical (unpaired) electrons. The zero-order chi connectivity index (χ0) is 22.0. The van der Waals surface area contributed by atoms with Gasteiger partial charge in [0, 0.05) is 17.5 Å². The Bertz CT molecular complexity index is 1220. The van der Waals surface area contributed by atoms with Gasteiger partial charge in [0.2, 0.25) is 11.7 Å². The molecule has 3 aromatic rings. The van der Waals surface area contributed by atoms with Crippen LogP contribution in [0.15, 0.2) is 54.6 Å². The van der Waals surface area contributed by atoms with Crippen LogP contribution < -0.4 is 5.32 Å². The molecule has 8 nitrogen and oxygen atoms in total. The molecule has 154 valence electrons. The number of hydrogen-bond acceptors (Lipinski definition) is 6. The number of carbonyl (C=O) groups excluding carboxylic acids is 3. The Kier molecular flexibility index (Phi) is 5.33. The Morgan fingerprint density at radius 2 is 1.87 bits per heavy atom. The number of Topliss-reactive ketones (excluding diaryl/α,β-unsaturated/α-hetero) is 1. The molecule has 1 aromatic heterocycles. The van der Waals surface area contributed by atoms with Gasteiger partial charge in [0.1, 0.15) is 12.2 Å². The molecular weight excluding hydrogens is 396 g/mol. The molecule has 0 spiro atoms. The van der Waals surface area contributed by atoms with Gasteiger partial charge in [-0.3, -0.25) is 14.4 Å². The van der Waals surface area contributed by atoms with E-state index in [1.54, 1.807) is 10.8 Å². The second kappa shape index (κ2) is 8.24. The fourth-order valence-electron chi connectivity index (χ4n) is 3.65. The number of rotatable bonds is 6. The van der Waals surface area contributed by atoms with E-state index in [1.165, 1.54) is 7.11 Å². The van der Waals surface area contributed by atoms with Crippen LogP contribution in [0.5, 0.6) is 0 Å². The van der Waals surface area contributed by atoms with Crippen molar-refractivity contribution >= 4 is 17.7 Å². The number of fused-ring (bicyclic) bond motifs is 3. The molecule has 8 heteroatoms. The van der Waals surface area contributed by atoms with Gasteiger partial charge in [-0.2, -0.15) is 10.4 Å². The van der Waals surface area contributed by atoms with Gasteiger partial charge in [-0.1, -0.05) is 42.5 Å². The van der Waals surface area contributed by atoms with Crippen molar-refractivity contribution in [3.05, 3.63) is 71.4 Å². The van der Waals surface area contributed by atoms with E-state index < -0.39 is 30.1 Å². The fraction of sp³-hybridized carbons (Fsp3) is 0.174. The molecule has 1 heterocycles. The lowest BCUT2D eigenvalue weighted by molar-refractivity contribution is -0.141. The standard InChI is InChI=1S/C23H18N4O4/c1-31-19(28)13-25-23(30)18(12-24)22(29)20-17-11-14-7-5-6-10-16(14)21(17)27(26-20)15-8-3-2-4-9-15/h2-10,18H,11,13H2,1H3,(H,25,30). The predicted molar refractivity (Wildman–Crippen MR) is 110 cm³/mol. The van der Waals surface area contributed by atoms with Gasteiger partial charge in [-0.25, -0.2) is 4.68 Å². The molecule has 1 unspecified atom stereocenters. The van der Waals surface area contributed by atoms with Crippen LogP contribution in [0, 0.1) is 17.2 Å². The second-order valence-corrected chi connectivity index (χ2v) is 6.98. The topological polar surface area (TPSA) is 114 Å². The minimum atomic E-state index is -1.63. The maximum Gasteiger partial charge on any atom is 0.325 e. The van der Waals surface area contributed by atoms with Gasteiger partial charge >= 0.3 is 5.97 Å². The summed E-state index contributed by atoms with van der Waals surface area (Å²) in [5.74, 6) is -3.88. The summed E-state index contributed by atoms with van der Waals surface area (Å²) in [4.78, 5) is 36.9. The summed E-state index contributed by atoms with van der Waals surface area (Å²) < 4.78 is 6.15.